The number of carbonyl (C=O) groups excluding carboxylic acids is 1. The van der Waals surface area contributed by atoms with Crippen molar-refractivity contribution in [1.82, 2.24) is 5.32 Å². The zero-order valence-electron chi connectivity index (χ0n) is 15.6. The van der Waals surface area contributed by atoms with Crippen LogP contribution in [0.25, 0.3) is 0 Å². The van der Waals surface area contributed by atoms with Gasteiger partial charge in [0.25, 0.3) is 0 Å². The van der Waals surface area contributed by atoms with Crippen molar-refractivity contribution in [3.63, 3.8) is 0 Å². The predicted octanol–water partition coefficient (Wildman–Crippen LogP) is 3.37. The van der Waals surface area contributed by atoms with Crippen LogP contribution in [-0.4, -0.2) is 46.7 Å². The van der Waals surface area contributed by atoms with Gasteiger partial charge < -0.3 is 22.8 Å². The van der Waals surface area contributed by atoms with Gasteiger partial charge in [-0.2, -0.15) is 0 Å². The van der Waals surface area contributed by atoms with Gasteiger partial charge in [0.1, 0.15) is 0 Å². The van der Waals surface area contributed by atoms with Crippen molar-refractivity contribution in [3.05, 3.63) is 12.8 Å². The van der Waals surface area contributed by atoms with Gasteiger partial charge in [0, 0.05) is 26.2 Å². The molecule has 0 spiro atoms. The molecule has 0 rings (SSSR count). The first-order chi connectivity index (χ1) is 11.5. The lowest BCUT2D eigenvalue weighted by molar-refractivity contribution is 0.00639. The minimum absolute atomic E-state index is 0.422. The minimum Gasteiger partial charge on any atom is -0.479 e. The van der Waals surface area contributed by atoms with E-state index in [9.17, 15) is 4.79 Å². The van der Waals surface area contributed by atoms with Crippen LogP contribution in [0.2, 0.25) is 0 Å². The van der Waals surface area contributed by atoms with Gasteiger partial charge in [0.2, 0.25) is 0 Å². The molecule has 8 heteroatoms. The molecule has 0 radical (unpaired) electrons. The van der Waals surface area contributed by atoms with Gasteiger partial charge in [-0.05, 0) is 27.2 Å². The Hall–Kier alpha value is -1.09. The van der Waals surface area contributed by atoms with Gasteiger partial charge in [-0.15, -0.1) is 0 Å². The fourth-order valence-electron chi connectivity index (χ4n) is 2.26. The van der Waals surface area contributed by atoms with Crippen LogP contribution in [0.15, 0.2) is 12.8 Å². The highest BCUT2D eigenvalue weighted by atomic mass is 28.4. The van der Waals surface area contributed by atoms with Crippen molar-refractivity contribution in [2.75, 3.05) is 19.8 Å². The second-order valence-electron chi connectivity index (χ2n) is 4.93. The lowest BCUT2D eigenvalue weighted by Gasteiger charge is -2.34. The molecule has 0 aromatic carbocycles. The van der Waals surface area contributed by atoms with Crippen LogP contribution < -0.4 is 5.32 Å². The molecule has 142 valence electrons. The highest BCUT2D eigenvalue weighted by Gasteiger charge is 2.51. The third-order valence-electron chi connectivity index (χ3n) is 3.14. The quantitative estimate of drug-likeness (QED) is 0.290. The van der Waals surface area contributed by atoms with E-state index in [4.69, 9.17) is 22.8 Å². The van der Waals surface area contributed by atoms with Crippen LogP contribution in [-0.2, 0) is 22.8 Å². The third-order valence-corrected chi connectivity index (χ3v) is 6.53. The summed E-state index contributed by atoms with van der Waals surface area (Å²) >= 11 is 0. The van der Waals surface area contributed by atoms with Gasteiger partial charge in [0.15, 0.2) is 12.0 Å². The van der Waals surface area contributed by atoms with E-state index in [0.29, 0.717) is 32.7 Å². The van der Waals surface area contributed by atoms with Gasteiger partial charge in [-0.1, -0.05) is 26.8 Å². The zero-order valence-corrected chi connectivity index (χ0v) is 16.6. The standard InChI is InChI=1S/C16H33NO6Si/c1-7-13-14(19-9-3)17-16(18)23-15(8-2)24(20-10-4,21-11-5)22-12-6/h9,14-15H,3,7-8,10-13H2,1-2,4-6H3,(H,17,18). The van der Waals surface area contributed by atoms with Crippen molar-refractivity contribution in [3.8, 4) is 0 Å². The summed E-state index contributed by atoms with van der Waals surface area (Å²) < 4.78 is 28.3. The third kappa shape index (κ3) is 7.65. The van der Waals surface area contributed by atoms with Crippen molar-refractivity contribution in [2.45, 2.75) is 65.8 Å². The Morgan fingerprint density at radius 2 is 1.62 bits per heavy atom. The minimum atomic E-state index is -3.12. The molecule has 0 saturated heterocycles. The summed E-state index contributed by atoms with van der Waals surface area (Å²) in [5.41, 5.74) is -0.580. The molecule has 0 aliphatic rings. The van der Waals surface area contributed by atoms with E-state index in [0.717, 1.165) is 6.42 Å². The lowest BCUT2D eigenvalue weighted by atomic mass is 10.3. The van der Waals surface area contributed by atoms with E-state index in [1.54, 1.807) is 0 Å². The highest BCUT2D eigenvalue weighted by molar-refractivity contribution is 6.62. The van der Waals surface area contributed by atoms with Crippen molar-refractivity contribution in [2.24, 2.45) is 0 Å². The second kappa shape index (κ2) is 13.2. The molecule has 24 heavy (non-hydrogen) atoms. The molecular formula is C16H33NO6Si. The number of rotatable bonds is 14. The molecule has 0 aromatic rings. The molecule has 1 N–H and O–H groups in total. The maximum Gasteiger partial charge on any atom is 0.544 e. The Kier molecular flexibility index (Phi) is 12.6. The van der Waals surface area contributed by atoms with Crippen LogP contribution in [0, 0.1) is 0 Å². The summed E-state index contributed by atoms with van der Waals surface area (Å²) in [6, 6.07) is 0. The molecule has 0 bridgehead atoms. The second-order valence-corrected chi connectivity index (χ2v) is 7.65. The molecule has 0 aromatic heterocycles. The molecule has 0 fully saturated rings. The Bertz CT molecular complexity index is 338. The Labute approximate surface area is 147 Å². The van der Waals surface area contributed by atoms with E-state index in [1.807, 2.05) is 34.6 Å². The fraction of sp³-hybridized carbons (Fsp3) is 0.812. The molecule has 0 heterocycles. The first-order valence-electron chi connectivity index (χ1n) is 8.68. The number of nitrogens with one attached hydrogen (secondary N) is 1. The largest absolute Gasteiger partial charge is 0.544 e. The number of amides is 1. The first kappa shape index (κ1) is 22.9. The van der Waals surface area contributed by atoms with Crippen molar-refractivity contribution in [1.29, 1.82) is 0 Å². The summed E-state index contributed by atoms with van der Waals surface area (Å²) in [6.07, 6.45) is 2.28. The van der Waals surface area contributed by atoms with E-state index < -0.39 is 26.9 Å². The molecule has 7 nitrogen and oxygen atoms in total. The lowest BCUT2D eigenvalue weighted by Crippen LogP contribution is -2.58. The monoisotopic (exact) mass is 363 g/mol. The topological polar surface area (TPSA) is 75.3 Å². The van der Waals surface area contributed by atoms with E-state index in [-0.39, 0.29) is 0 Å². The smallest absolute Gasteiger partial charge is 0.479 e. The molecule has 2 atom stereocenters. The SMILES string of the molecule is C=COC(CCC)NC(=O)OC(CC)[Si](OCC)(OCC)OCC. The van der Waals surface area contributed by atoms with Crippen molar-refractivity contribution < 1.29 is 27.5 Å². The maximum absolute atomic E-state index is 12.2. The molecule has 0 aliphatic carbocycles. The fourth-order valence-corrected chi connectivity index (χ4v) is 5.03. The van der Waals surface area contributed by atoms with Gasteiger partial charge >= 0.3 is 14.9 Å². The van der Waals surface area contributed by atoms with E-state index in [2.05, 4.69) is 11.9 Å². The van der Waals surface area contributed by atoms with Crippen molar-refractivity contribution >= 4 is 14.9 Å². The number of hydrogen-bond acceptors (Lipinski definition) is 6. The molecule has 1 amide bonds. The van der Waals surface area contributed by atoms with Crippen LogP contribution in [0.3, 0.4) is 0 Å². The molecule has 2 unspecified atom stereocenters. The Balaban J connectivity index is 5.04. The van der Waals surface area contributed by atoms with Gasteiger partial charge in [0.05, 0.1) is 6.26 Å². The number of ether oxygens (including phenoxy) is 2. The van der Waals surface area contributed by atoms with Crippen LogP contribution in [0.4, 0.5) is 4.79 Å². The summed E-state index contributed by atoms with van der Waals surface area (Å²) in [7, 11) is -3.12. The number of carbonyl (C=O) groups is 1. The predicted molar refractivity (Wildman–Crippen MR) is 94.3 cm³/mol. The average Bonchev–Trinajstić information content (AvgIpc) is 2.53. The average molecular weight is 364 g/mol. The maximum atomic E-state index is 12.2. The molecular weight excluding hydrogens is 330 g/mol. The number of alkyl carbamates (subject to hydrolysis) is 1. The summed E-state index contributed by atoms with van der Waals surface area (Å²) in [6.45, 7) is 14.3. The Morgan fingerprint density at radius 3 is 2.00 bits per heavy atom. The molecule has 0 aliphatic heterocycles. The zero-order chi connectivity index (χ0) is 18.4. The van der Waals surface area contributed by atoms with Crippen LogP contribution >= 0.6 is 0 Å². The summed E-state index contributed by atoms with van der Waals surface area (Å²) in [4.78, 5) is 12.2. The Morgan fingerprint density at radius 1 is 1.08 bits per heavy atom. The highest BCUT2D eigenvalue weighted by Crippen LogP contribution is 2.21. The normalized spacial score (nSPS) is 13.9. The number of hydrogen-bond donors (Lipinski definition) is 1. The van der Waals surface area contributed by atoms with E-state index in [1.165, 1.54) is 6.26 Å². The van der Waals surface area contributed by atoms with Crippen LogP contribution in [0.1, 0.15) is 53.9 Å². The first-order valence-corrected chi connectivity index (χ1v) is 10.5. The van der Waals surface area contributed by atoms with Gasteiger partial charge in [-0.3, -0.25) is 5.32 Å². The van der Waals surface area contributed by atoms with Gasteiger partial charge in [-0.25, -0.2) is 4.79 Å². The molecule has 0 saturated carbocycles. The summed E-state index contributed by atoms with van der Waals surface area (Å²) in [5, 5.41) is 2.68. The van der Waals surface area contributed by atoms with Crippen LogP contribution in [0.5, 0.6) is 0 Å². The van der Waals surface area contributed by atoms with E-state index >= 15 is 0 Å². The summed E-state index contributed by atoms with van der Waals surface area (Å²) in [5.74, 6) is 0.